The van der Waals surface area contributed by atoms with Gasteiger partial charge in [-0.25, -0.2) is 4.98 Å². The van der Waals surface area contributed by atoms with Gasteiger partial charge in [0.25, 0.3) is 5.91 Å². The van der Waals surface area contributed by atoms with Gasteiger partial charge in [-0.1, -0.05) is 12.1 Å². The number of benzene rings is 1. The molecule has 25 heavy (non-hydrogen) atoms. The molecule has 4 rings (SSSR count). The minimum atomic E-state index is -0.0122. The average molecular weight is 335 g/mol. The van der Waals surface area contributed by atoms with E-state index in [0.29, 0.717) is 11.4 Å². The molecule has 3 aromatic rings. The number of pyridine rings is 1. The van der Waals surface area contributed by atoms with Gasteiger partial charge in [-0.3, -0.25) is 9.36 Å². The third kappa shape index (κ3) is 2.84. The molecule has 1 amide bonds. The first-order valence-electron chi connectivity index (χ1n) is 8.02. The van der Waals surface area contributed by atoms with E-state index >= 15 is 0 Å². The normalized spacial score (nSPS) is 16.4. The minimum Gasteiger partial charge on any atom is -0.497 e. The molecular formula is C18H17N5O2. The summed E-state index contributed by atoms with van der Waals surface area (Å²) in [6.45, 7) is 0.744. The van der Waals surface area contributed by atoms with E-state index in [1.165, 1.54) is 0 Å². The van der Waals surface area contributed by atoms with Crippen LogP contribution in [0.15, 0.2) is 55.2 Å². The zero-order chi connectivity index (χ0) is 17.2. The number of hydrogen-bond acceptors (Lipinski definition) is 5. The van der Waals surface area contributed by atoms with Gasteiger partial charge in [0.2, 0.25) is 0 Å². The molecule has 0 aliphatic carbocycles. The molecule has 0 bridgehead atoms. The van der Waals surface area contributed by atoms with Crippen LogP contribution in [-0.2, 0) is 0 Å². The van der Waals surface area contributed by atoms with Crippen molar-refractivity contribution in [3.8, 4) is 11.6 Å². The molecule has 3 heterocycles. The lowest BCUT2D eigenvalue weighted by atomic mass is 9.93. The Bertz CT molecular complexity index is 877. The van der Waals surface area contributed by atoms with Gasteiger partial charge in [-0.15, -0.1) is 10.2 Å². The Kier molecular flexibility index (Phi) is 3.89. The maximum Gasteiger partial charge on any atom is 0.255 e. The molecule has 0 saturated carbocycles. The van der Waals surface area contributed by atoms with Crippen molar-refractivity contribution >= 4 is 5.91 Å². The maximum atomic E-state index is 12.8. The number of ether oxygens (including phenoxy) is 1. The first-order valence-corrected chi connectivity index (χ1v) is 8.02. The van der Waals surface area contributed by atoms with Gasteiger partial charge in [-0.2, -0.15) is 0 Å². The molecular weight excluding hydrogens is 318 g/mol. The highest BCUT2D eigenvalue weighted by atomic mass is 16.5. The van der Waals surface area contributed by atoms with Crippen molar-refractivity contribution in [3.63, 3.8) is 0 Å². The molecule has 1 atom stereocenters. The molecule has 0 N–H and O–H groups in total. The van der Waals surface area contributed by atoms with Crippen LogP contribution in [0.3, 0.4) is 0 Å². The van der Waals surface area contributed by atoms with Crippen molar-refractivity contribution in [2.24, 2.45) is 0 Å². The quantitative estimate of drug-likeness (QED) is 0.731. The third-order valence-electron chi connectivity index (χ3n) is 4.44. The molecule has 7 heteroatoms. The predicted molar refractivity (Wildman–Crippen MR) is 90.5 cm³/mol. The highest BCUT2D eigenvalue weighted by Gasteiger charge is 2.34. The molecule has 0 radical (unpaired) electrons. The summed E-state index contributed by atoms with van der Waals surface area (Å²) in [6.07, 6.45) is 5.68. The number of nitrogens with zero attached hydrogens (tertiary/aromatic N) is 5. The summed E-state index contributed by atoms with van der Waals surface area (Å²) in [4.78, 5) is 19.0. The lowest BCUT2D eigenvalue weighted by Gasteiger charge is -2.41. The topological polar surface area (TPSA) is 73.1 Å². The number of methoxy groups -OCH3 is 1. The third-order valence-corrected chi connectivity index (χ3v) is 4.44. The fourth-order valence-corrected chi connectivity index (χ4v) is 2.98. The van der Waals surface area contributed by atoms with E-state index in [0.717, 1.165) is 24.3 Å². The smallest absolute Gasteiger partial charge is 0.255 e. The van der Waals surface area contributed by atoms with Gasteiger partial charge in [0.05, 0.1) is 18.7 Å². The van der Waals surface area contributed by atoms with E-state index in [1.54, 1.807) is 42.7 Å². The van der Waals surface area contributed by atoms with E-state index in [-0.39, 0.29) is 11.9 Å². The number of carbonyl (C=O) groups excluding carboxylic acids is 1. The Morgan fingerprint density at radius 3 is 2.68 bits per heavy atom. The highest BCUT2D eigenvalue weighted by Crippen LogP contribution is 2.35. The van der Waals surface area contributed by atoms with Gasteiger partial charge in [-0.05, 0) is 36.2 Å². The molecule has 126 valence electrons. The van der Waals surface area contributed by atoms with Crippen molar-refractivity contribution < 1.29 is 9.53 Å². The Labute approximate surface area is 144 Å². The van der Waals surface area contributed by atoms with Gasteiger partial charge in [0.15, 0.2) is 0 Å². The van der Waals surface area contributed by atoms with E-state index in [1.807, 2.05) is 29.2 Å². The first kappa shape index (κ1) is 15.3. The van der Waals surface area contributed by atoms with Gasteiger partial charge >= 0.3 is 0 Å². The molecule has 7 nitrogen and oxygen atoms in total. The van der Waals surface area contributed by atoms with E-state index in [9.17, 15) is 4.79 Å². The van der Waals surface area contributed by atoms with Crippen molar-refractivity contribution in [2.45, 2.75) is 12.5 Å². The largest absolute Gasteiger partial charge is 0.497 e. The first-order chi connectivity index (χ1) is 12.3. The van der Waals surface area contributed by atoms with Crippen molar-refractivity contribution in [3.05, 3.63) is 66.4 Å². The fraction of sp³-hybridized carbons (Fsp3) is 0.222. The van der Waals surface area contributed by atoms with Crippen LogP contribution in [0.1, 0.15) is 28.4 Å². The summed E-state index contributed by atoms with van der Waals surface area (Å²) in [5.41, 5.74) is 1.66. The summed E-state index contributed by atoms with van der Waals surface area (Å²) in [7, 11) is 1.64. The monoisotopic (exact) mass is 335 g/mol. The molecule has 1 fully saturated rings. The number of aromatic nitrogens is 4. The highest BCUT2D eigenvalue weighted by molar-refractivity contribution is 5.94. The number of rotatable bonds is 4. The number of hydrogen-bond donors (Lipinski definition) is 0. The Morgan fingerprint density at radius 1 is 1.20 bits per heavy atom. The van der Waals surface area contributed by atoms with Crippen LogP contribution in [0.2, 0.25) is 0 Å². The van der Waals surface area contributed by atoms with E-state index < -0.39 is 0 Å². The molecule has 1 saturated heterocycles. The van der Waals surface area contributed by atoms with Crippen LogP contribution in [0.4, 0.5) is 0 Å². The van der Waals surface area contributed by atoms with Crippen molar-refractivity contribution in [1.29, 1.82) is 0 Å². The second kappa shape index (κ2) is 6.35. The summed E-state index contributed by atoms with van der Waals surface area (Å²) in [5.74, 6) is 1.47. The van der Waals surface area contributed by atoms with E-state index in [2.05, 4.69) is 15.2 Å². The van der Waals surface area contributed by atoms with Gasteiger partial charge in [0, 0.05) is 12.7 Å². The molecule has 1 aliphatic heterocycles. The molecule has 1 unspecified atom stereocenters. The van der Waals surface area contributed by atoms with Crippen LogP contribution >= 0.6 is 0 Å². The SMILES string of the molecule is COc1cccc(C2CCN2C(=O)c2ccc(-n3cnnc3)nc2)c1. The summed E-state index contributed by atoms with van der Waals surface area (Å²) < 4.78 is 6.97. The standard InChI is InChI=1S/C18H17N5O2/c1-25-15-4-2-3-13(9-15)16-7-8-23(16)18(24)14-5-6-17(19-10-14)22-11-20-21-12-22/h2-6,9-12,16H,7-8H2,1H3. The second-order valence-corrected chi connectivity index (χ2v) is 5.85. The zero-order valence-corrected chi connectivity index (χ0v) is 13.7. The lowest BCUT2D eigenvalue weighted by Crippen LogP contribution is -2.45. The summed E-state index contributed by atoms with van der Waals surface area (Å²) in [6, 6.07) is 11.5. The van der Waals surface area contributed by atoms with Crippen molar-refractivity contribution in [1.82, 2.24) is 24.6 Å². The molecule has 1 aromatic carbocycles. The molecule has 0 spiro atoms. The lowest BCUT2D eigenvalue weighted by molar-refractivity contribution is 0.0459. The fourth-order valence-electron chi connectivity index (χ4n) is 2.98. The Morgan fingerprint density at radius 2 is 2.04 bits per heavy atom. The number of likely N-dealkylation sites (tertiary alicyclic amines) is 1. The molecule has 1 aliphatic rings. The number of carbonyl (C=O) groups is 1. The second-order valence-electron chi connectivity index (χ2n) is 5.85. The van der Waals surface area contributed by atoms with Crippen LogP contribution in [-0.4, -0.2) is 44.2 Å². The van der Waals surface area contributed by atoms with Crippen LogP contribution in [0, 0.1) is 0 Å². The van der Waals surface area contributed by atoms with Gasteiger partial charge in [0.1, 0.15) is 24.2 Å². The van der Waals surface area contributed by atoms with E-state index in [4.69, 9.17) is 4.74 Å². The van der Waals surface area contributed by atoms with Crippen LogP contribution in [0.5, 0.6) is 5.75 Å². The average Bonchev–Trinajstić information content (AvgIpc) is 3.16. The maximum absolute atomic E-state index is 12.8. The predicted octanol–water partition coefficient (Wildman–Crippen LogP) is 2.26. The Hall–Kier alpha value is -3.22. The van der Waals surface area contributed by atoms with Crippen molar-refractivity contribution in [2.75, 3.05) is 13.7 Å². The van der Waals surface area contributed by atoms with Crippen LogP contribution < -0.4 is 4.74 Å². The summed E-state index contributed by atoms with van der Waals surface area (Å²) in [5, 5.41) is 7.50. The molecule has 2 aromatic heterocycles. The van der Waals surface area contributed by atoms with Gasteiger partial charge < -0.3 is 9.64 Å². The zero-order valence-electron chi connectivity index (χ0n) is 13.7. The Balaban J connectivity index is 1.52. The number of amides is 1. The summed E-state index contributed by atoms with van der Waals surface area (Å²) >= 11 is 0. The van der Waals surface area contributed by atoms with Crippen LogP contribution in [0.25, 0.3) is 5.82 Å². The minimum absolute atomic E-state index is 0.0122.